The SMILES string of the molecule is CCCCCCCCCCCCCCONNC(=O)NN. The third-order valence-electron chi connectivity index (χ3n) is 3.47. The third-order valence-corrected chi connectivity index (χ3v) is 3.47. The fourth-order valence-electron chi connectivity index (χ4n) is 2.18. The molecule has 0 spiro atoms. The monoisotopic (exact) mass is 302 g/mol. The summed E-state index contributed by atoms with van der Waals surface area (Å²) in [6.45, 7) is 2.84. The average Bonchev–Trinajstić information content (AvgIpc) is 2.50. The van der Waals surface area contributed by atoms with Gasteiger partial charge in [-0.3, -0.25) is 10.3 Å². The molecule has 0 aromatic rings. The summed E-state index contributed by atoms with van der Waals surface area (Å²) in [5.74, 6) is 4.88. The van der Waals surface area contributed by atoms with E-state index in [2.05, 4.69) is 17.9 Å². The Kier molecular flexibility index (Phi) is 16.5. The molecule has 0 aliphatic rings. The van der Waals surface area contributed by atoms with E-state index in [0.29, 0.717) is 6.61 Å². The van der Waals surface area contributed by atoms with Crippen LogP contribution in [-0.2, 0) is 4.84 Å². The molecule has 0 heterocycles. The fraction of sp³-hybridized carbons (Fsp3) is 0.933. The van der Waals surface area contributed by atoms with Gasteiger partial charge in [-0.05, 0) is 6.42 Å². The smallest absolute Gasteiger partial charge is 0.282 e. The Morgan fingerprint density at radius 1 is 0.857 bits per heavy atom. The second-order valence-corrected chi connectivity index (χ2v) is 5.44. The Morgan fingerprint density at radius 2 is 1.33 bits per heavy atom. The molecule has 0 aromatic heterocycles. The van der Waals surface area contributed by atoms with Gasteiger partial charge in [0.15, 0.2) is 0 Å². The first kappa shape index (κ1) is 20.1. The van der Waals surface area contributed by atoms with Crippen molar-refractivity contribution < 1.29 is 9.63 Å². The zero-order chi connectivity index (χ0) is 15.6. The number of amides is 2. The maximum atomic E-state index is 10.7. The molecule has 126 valence electrons. The van der Waals surface area contributed by atoms with Crippen LogP contribution in [0.1, 0.15) is 84.0 Å². The third kappa shape index (κ3) is 17.1. The number of hydrogen-bond donors (Lipinski definition) is 4. The Bertz CT molecular complexity index is 228. The Morgan fingerprint density at radius 3 is 1.81 bits per heavy atom. The van der Waals surface area contributed by atoms with Crippen LogP contribution in [0, 0.1) is 0 Å². The molecule has 0 aliphatic carbocycles. The second kappa shape index (κ2) is 17.2. The van der Waals surface area contributed by atoms with Crippen molar-refractivity contribution in [3.8, 4) is 0 Å². The predicted octanol–water partition coefficient (Wildman–Crippen LogP) is 3.30. The van der Waals surface area contributed by atoms with E-state index >= 15 is 0 Å². The summed E-state index contributed by atoms with van der Waals surface area (Å²) in [7, 11) is 0. The van der Waals surface area contributed by atoms with Gasteiger partial charge in [0.1, 0.15) is 0 Å². The lowest BCUT2D eigenvalue weighted by molar-refractivity contribution is 0.0169. The first-order valence-corrected chi connectivity index (χ1v) is 8.44. The second-order valence-electron chi connectivity index (χ2n) is 5.44. The summed E-state index contributed by atoms with van der Waals surface area (Å²) >= 11 is 0. The van der Waals surface area contributed by atoms with Crippen molar-refractivity contribution in [2.24, 2.45) is 5.84 Å². The minimum atomic E-state index is -0.523. The van der Waals surface area contributed by atoms with E-state index < -0.39 is 6.03 Å². The van der Waals surface area contributed by atoms with Gasteiger partial charge in [-0.2, -0.15) is 0 Å². The van der Waals surface area contributed by atoms with Crippen LogP contribution in [0.4, 0.5) is 4.79 Å². The van der Waals surface area contributed by atoms with Gasteiger partial charge in [-0.15, -0.1) is 5.59 Å². The molecule has 0 aromatic carbocycles. The fourth-order valence-corrected chi connectivity index (χ4v) is 2.18. The molecule has 0 aliphatic heterocycles. The number of nitrogens with two attached hydrogens (primary N) is 1. The molecular formula is C15H34N4O2. The Balaban J connectivity index is 2.98. The first-order valence-electron chi connectivity index (χ1n) is 8.44. The summed E-state index contributed by atoms with van der Waals surface area (Å²) < 4.78 is 0. The van der Waals surface area contributed by atoms with Gasteiger partial charge in [-0.25, -0.2) is 16.1 Å². The van der Waals surface area contributed by atoms with E-state index in [1.54, 1.807) is 0 Å². The zero-order valence-corrected chi connectivity index (χ0v) is 13.6. The molecular weight excluding hydrogens is 268 g/mol. The molecule has 21 heavy (non-hydrogen) atoms. The number of hydrogen-bond acceptors (Lipinski definition) is 4. The Hall–Kier alpha value is -0.850. The van der Waals surface area contributed by atoms with Crippen LogP contribution in [0.25, 0.3) is 0 Å². The largest absolute Gasteiger partial charge is 0.345 e. The lowest BCUT2D eigenvalue weighted by atomic mass is 10.1. The highest BCUT2D eigenvalue weighted by atomic mass is 16.7. The lowest BCUT2D eigenvalue weighted by Gasteiger charge is -2.06. The average molecular weight is 302 g/mol. The van der Waals surface area contributed by atoms with Gasteiger partial charge >= 0.3 is 6.03 Å². The lowest BCUT2D eigenvalue weighted by Crippen LogP contribution is -2.46. The molecule has 2 amide bonds. The number of hydrazine groups is 2. The standard InChI is InChI=1S/C15H34N4O2/c1-2-3-4-5-6-7-8-9-10-11-12-13-14-21-19-18-15(20)17-16/h19H,2-14,16H2,1H3,(H2,17,18,20). The van der Waals surface area contributed by atoms with Crippen molar-refractivity contribution in [2.75, 3.05) is 6.61 Å². The van der Waals surface area contributed by atoms with Crippen LogP contribution in [-0.4, -0.2) is 12.6 Å². The zero-order valence-electron chi connectivity index (χ0n) is 13.6. The van der Waals surface area contributed by atoms with Gasteiger partial charge in [0.05, 0.1) is 6.61 Å². The maximum absolute atomic E-state index is 10.7. The minimum Gasteiger partial charge on any atom is -0.282 e. The van der Waals surface area contributed by atoms with Crippen molar-refractivity contribution in [2.45, 2.75) is 84.0 Å². The summed E-state index contributed by atoms with van der Waals surface area (Å²) in [5, 5.41) is 0. The van der Waals surface area contributed by atoms with Crippen LogP contribution >= 0.6 is 0 Å². The van der Waals surface area contributed by atoms with Crippen molar-refractivity contribution in [3.05, 3.63) is 0 Å². The van der Waals surface area contributed by atoms with Gasteiger partial charge < -0.3 is 0 Å². The molecule has 6 nitrogen and oxygen atoms in total. The van der Waals surface area contributed by atoms with E-state index in [0.717, 1.165) is 6.42 Å². The van der Waals surface area contributed by atoms with Crippen molar-refractivity contribution >= 4 is 6.03 Å². The highest BCUT2D eigenvalue weighted by molar-refractivity contribution is 5.72. The molecule has 0 rings (SSSR count). The van der Waals surface area contributed by atoms with E-state index in [1.165, 1.54) is 70.6 Å². The number of rotatable bonds is 15. The normalized spacial score (nSPS) is 10.6. The number of unbranched alkanes of at least 4 members (excludes halogenated alkanes) is 11. The van der Waals surface area contributed by atoms with Gasteiger partial charge in [0, 0.05) is 0 Å². The van der Waals surface area contributed by atoms with Crippen LogP contribution < -0.4 is 22.3 Å². The number of carbonyl (C=O) groups is 1. The topological polar surface area (TPSA) is 88.4 Å². The highest BCUT2D eigenvalue weighted by Crippen LogP contribution is 2.11. The number of urea groups is 1. The molecule has 0 saturated carbocycles. The van der Waals surface area contributed by atoms with E-state index in [1.807, 2.05) is 5.43 Å². The molecule has 0 saturated heterocycles. The van der Waals surface area contributed by atoms with E-state index in [-0.39, 0.29) is 0 Å². The van der Waals surface area contributed by atoms with Gasteiger partial charge in [0.2, 0.25) is 0 Å². The predicted molar refractivity (Wildman–Crippen MR) is 86.0 cm³/mol. The molecule has 0 unspecified atom stereocenters. The first-order chi connectivity index (χ1) is 10.3. The van der Waals surface area contributed by atoms with E-state index in [9.17, 15) is 4.79 Å². The van der Waals surface area contributed by atoms with Crippen LogP contribution in [0.5, 0.6) is 0 Å². The van der Waals surface area contributed by atoms with Crippen molar-refractivity contribution in [3.63, 3.8) is 0 Å². The highest BCUT2D eigenvalue weighted by Gasteiger charge is 1.95. The summed E-state index contributed by atoms with van der Waals surface area (Å²) in [5.41, 5.74) is 6.48. The quantitative estimate of drug-likeness (QED) is 0.162. The summed E-state index contributed by atoms with van der Waals surface area (Å²) in [6.07, 6.45) is 15.8. The van der Waals surface area contributed by atoms with Crippen LogP contribution in [0.2, 0.25) is 0 Å². The molecule has 6 heteroatoms. The summed E-state index contributed by atoms with van der Waals surface area (Å²) in [4.78, 5) is 15.7. The van der Waals surface area contributed by atoms with Crippen LogP contribution in [0.15, 0.2) is 0 Å². The number of nitrogens with one attached hydrogen (secondary N) is 3. The molecule has 0 atom stereocenters. The van der Waals surface area contributed by atoms with Crippen LogP contribution in [0.3, 0.4) is 0 Å². The van der Waals surface area contributed by atoms with Crippen molar-refractivity contribution in [1.82, 2.24) is 16.4 Å². The minimum absolute atomic E-state index is 0.523. The molecule has 0 bridgehead atoms. The molecule has 5 N–H and O–H groups in total. The maximum Gasteiger partial charge on any atom is 0.345 e. The molecule has 0 fully saturated rings. The van der Waals surface area contributed by atoms with Crippen molar-refractivity contribution in [1.29, 1.82) is 0 Å². The van der Waals surface area contributed by atoms with Gasteiger partial charge in [-0.1, -0.05) is 77.6 Å². The number of carbonyl (C=O) groups excluding carboxylic acids is 1. The Labute approximate surface area is 129 Å². The van der Waals surface area contributed by atoms with E-state index in [4.69, 9.17) is 10.7 Å². The summed E-state index contributed by atoms with van der Waals surface area (Å²) in [6, 6.07) is -0.523. The van der Waals surface area contributed by atoms with Gasteiger partial charge in [0.25, 0.3) is 0 Å². The molecule has 0 radical (unpaired) electrons.